The molecule has 16 heavy (non-hydrogen) atoms. The average Bonchev–Trinajstić information content (AvgIpc) is 2.28. The summed E-state index contributed by atoms with van der Waals surface area (Å²) in [7, 11) is 0. The van der Waals surface area contributed by atoms with Crippen LogP contribution >= 0.6 is 11.8 Å². The highest BCUT2D eigenvalue weighted by Crippen LogP contribution is 2.35. The first-order valence-electron chi connectivity index (χ1n) is 5.75. The van der Waals surface area contributed by atoms with Crippen molar-refractivity contribution in [2.45, 2.75) is 36.3 Å². The number of nitrogens with two attached hydrogens (primary N) is 1. The standard InChI is InChI=1S/C13H19NOS/c1-13(2,9-14)16-11-5-6-12-10(8-11)4-3-7-15-12/h5-6,8H,3-4,7,9,14H2,1-2H3. The average molecular weight is 237 g/mol. The lowest BCUT2D eigenvalue weighted by Gasteiger charge is -2.23. The normalized spacial score (nSPS) is 15.4. The SMILES string of the molecule is CC(C)(CN)Sc1ccc2c(c1)CCCO2. The molecule has 0 radical (unpaired) electrons. The summed E-state index contributed by atoms with van der Waals surface area (Å²) in [6, 6.07) is 6.46. The number of benzene rings is 1. The maximum Gasteiger partial charge on any atom is 0.122 e. The number of fused-ring (bicyclic) bond motifs is 1. The molecule has 1 aromatic rings. The first-order valence-corrected chi connectivity index (χ1v) is 6.57. The summed E-state index contributed by atoms with van der Waals surface area (Å²) in [5, 5.41) is 0. The molecule has 0 atom stereocenters. The molecule has 2 nitrogen and oxygen atoms in total. The van der Waals surface area contributed by atoms with Crippen molar-refractivity contribution in [3.8, 4) is 5.75 Å². The summed E-state index contributed by atoms with van der Waals surface area (Å²) in [5.41, 5.74) is 7.08. The molecule has 2 rings (SSSR count). The molecule has 0 saturated carbocycles. The van der Waals surface area contributed by atoms with Gasteiger partial charge in [0.2, 0.25) is 0 Å². The van der Waals surface area contributed by atoms with E-state index in [0.29, 0.717) is 6.54 Å². The van der Waals surface area contributed by atoms with Gasteiger partial charge in [0.1, 0.15) is 5.75 Å². The van der Waals surface area contributed by atoms with E-state index in [1.54, 1.807) is 0 Å². The molecule has 2 N–H and O–H groups in total. The van der Waals surface area contributed by atoms with E-state index in [1.807, 2.05) is 11.8 Å². The molecule has 0 unspecified atom stereocenters. The molecular weight excluding hydrogens is 218 g/mol. The van der Waals surface area contributed by atoms with Gasteiger partial charge in [0.15, 0.2) is 0 Å². The summed E-state index contributed by atoms with van der Waals surface area (Å²) < 4.78 is 5.70. The molecule has 1 aliphatic heterocycles. The van der Waals surface area contributed by atoms with Crippen molar-refractivity contribution in [1.29, 1.82) is 0 Å². The Hall–Kier alpha value is -0.670. The van der Waals surface area contributed by atoms with Crippen LogP contribution in [-0.4, -0.2) is 17.9 Å². The van der Waals surface area contributed by atoms with Gasteiger partial charge in [-0.2, -0.15) is 0 Å². The molecule has 0 bridgehead atoms. The summed E-state index contributed by atoms with van der Waals surface area (Å²) >= 11 is 1.84. The summed E-state index contributed by atoms with van der Waals surface area (Å²) in [6.07, 6.45) is 2.26. The van der Waals surface area contributed by atoms with Gasteiger partial charge in [0, 0.05) is 16.2 Å². The third-order valence-electron chi connectivity index (χ3n) is 2.77. The van der Waals surface area contributed by atoms with Crippen molar-refractivity contribution in [2.24, 2.45) is 5.73 Å². The van der Waals surface area contributed by atoms with Gasteiger partial charge < -0.3 is 10.5 Å². The van der Waals surface area contributed by atoms with E-state index < -0.39 is 0 Å². The topological polar surface area (TPSA) is 35.2 Å². The predicted molar refractivity (Wildman–Crippen MR) is 69.2 cm³/mol. The Balaban J connectivity index is 2.17. The van der Waals surface area contributed by atoms with Crippen molar-refractivity contribution in [1.82, 2.24) is 0 Å². The lowest BCUT2D eigenvalue weighted by Crippen LogP contribution is -2.26. The van der Waals surface area contributed by atoms with Crippen molar-refractivity contribution >= 4 is 11.8 Å². The summed E-state index contributed by atoms with van der Waals surface area (Å²) in [6.45, 7) is 5.89. The molecule has 3 heteroatoms. The Morgan fingerprint density at radius 2 is 2.25 bits per heavy atom. The van der Waals surface area contributed by atoms with Crippen LogP contribution in [-0.2, 0) is 6.42 Å². The lowest BCUT2D eigenvalue weighted by atomic mass is 10.1. The number of thioether (sulfide) groups is 1. The zero-order valence-electron chi connectivity index (χ0n) is 9.95. The van der Waals surface area contributed by atoms with E-state index in [0.717, 1.165) is 25.2 Å². The number of ether oxygens (including phenoxy) is 1. The smallest absolute Gasteiger partial charge is 0.122 e. The Morgan fingerprint density at radius 3 is 3.00 bits per heavy atom. The van der Waals surface area contributed by atoms with E-state index in [4.69, 9.17) is 10.5 Å². The van der Waals surface area contributed by atoms with E-state index >= 15 is 0 Å². The van der Waals surface area contributed by atoms with Gasteiger partial charge in [-0.15, -0.1) is 11.8 Å². The van der Waals surface area contributed by atoms with Gasteiger partial charge in [-0.1, -0.05) is 0 Å². The van der Waals surface area contributed by atoms with Crippen LogP contribution in [0.15, 0.2) is 23.1 Å². The molecule has 0 aromatic heterocycles. The number of aryl methyl sites for hydroxylation is 1. The van der Waals surface area contributed by atoms with Gasteiger partial charge in [-0.25, -0.2) is 0 Å². The Labute approximate surface area is 102 Å². The Morgan fingerprint density at radius 1 is 1.44 bits per heavy atom. The number of hydrogen-bond acceptors (Lipinski definition) is 3. The third-order valence-corrected chi connectivity index (χ3v) is 3.97. The zero-order valence-corrected chi connectivity index (χ0v) is 10.8. The van der Waals surface area contributed by atoms with Crippen LogP contribution in [0.5, 0.6) is 5.75 Å². The fourth-order valence-corrected chi connectivity index (χ4v) is 2.82. The van der Waals surface area contributed by atoms with Crippen LogP contribution in [0.1, 0.15) is 25.8 Å². The minimum absolute atomic E-state index is 0.101. The number of hydrogen-bond donors (Lipinski definition) is 1. The van der Waals surface area contributed by atoms with E-state index in [1.165, 1.54) is 10.5 Å². The minimum Gasteiger partial charge on any atom is -0.493 e. The van der Waals surface area contributed by atoms with Crippen molar-refractivity contribution in [2.75, 3.05) is 13.2 Å². The molecule has 0 saturated heterocycles. The molecule has 0 spiro atoms. The monoisotopic (exact) mass is 237 g/mol. The molecule has 88 valence electrons. The highest BCUT2D eigenvalue weighted by atomic mass is 32.2. The van der Waals surface area contributed by atoms with Crippen LogP contribution in [0.2, 0.25) is 0 Å². The Kier molecular flexibility index (Phi) is 3.45. The molecule has 1 heterocycles. The molecule has 1 aliphatic rings. The minimum atomic E-state index is 0.101. The van der Waals surface area contributed by atoms with Crippen molar-refractivity contribution < 1.29 is 4.74 Å². The van der Waals surface area contributed by atoms with Crippen LogP contribution in [0.25, 0.3) is 0 Å². The predicted octanol–water partition coefficient (Wildman–Crippen LogP) is 2.84. The fraction of sp³-hybridized carbons (Fsp3) is 0.538. The summed E-state index contributed by atoms with van der Waals surface area (Å²) in [5.74, 6) is 1.06. The Bertz CT molecular complexity index is 376. The third kappa shape index (κ3) is 2.71. The molecular formula is C13H19NOS. The van der Waals surface area contributed by atoms with Crippen molar-refractivity contribution in [3.05, 3.63) is 23.8 Å². The van der Waals surface area contributed by atoms with E-state index in [2.05, 4.69) is 32.0 Å². The van der Waals surface area contributed by atoms with Gasteiger partial charge in [0.05, 0.1) is 6.61 Å². The number of rotatable bonds is 3. The molecule has 0 amide bonds. The highest BCUT2D eigenvalue weighted by molar-refractivity contribution is 8.00. The lowest BCUT2D eigenvalue weighted by molar-refractivity contribution is 0.288. The van der Waals surface area contributed by atoms with E-state index in [-0.39, 0.29) is 4.75 Å². The van der Waals surface area contributed by atoms with Crippen LogP contribution in [0.4, 0.5) is 0 Å². The van der Waals surface area contributed by atoms with Gasteiger partial charge in [-0.3, -0.25) is 0 Å². The van der Waals surface area contributed by atoms with E-state index in [9.17, 15) is 0 Å². The molecule has 0 aliphatic carbocycles. The first kappa shape index (κ1) is 11.8. The van der Waals surface area contributed by atoms with Crippen LogP contribution < -0.4 is 10.5 Å². The summed E-state index contributed by atoms with van der Waals surface area (Å²) in [4.78, 5) is 1.29. The van der Waals surface area contributed by atoms with Crippen molar-refractivity contribution in [3.63, 3.8) is 0 Å². The van der Waals surface area contributed by atoms with Gasteiger partial charge >= 0.3 is 0 Å². The fourth-order valence-electron chi connectivity index (χ4n) is 1.76. The molecule has 0 fully saturated rings. The van der Waals surface area contributed by atoms with Crippen LogP contribution in [0.3, 0.4) is 0 Å². The molecule has 1 aromatic carbocycles. The maximum absolute atomic E-state index is 5.75. The van der Waals surface area contributed by atoms with Gasteiger partial charge in [-0.05, 0) is 50.5 Å². The largest absolute Gasteiger partial charge is 0.493 e. The second-order valence-corrected chi connectivity index (χ2v) is 6.57. The quantitative estimate of drug-likeness (QED) is 0.821. The van der Waals surface area contributed by atoms with Gasteiger partial charge in [0.25, 0.3) is 0 Å². The first-order chi connectivity index (χ1) is 7.61. The second kappa shape index (κ2) is 4.68. The maximum atomic E-state index is 5.75. The second-order valence-electron chi connectivity index (χ2n) is 4.79. The van der Waals surface area contributed by atoms with Crippen LogP contribution in [0, 0.1) is 0 Å². The highest BCUT2D eigenvalue weighted by Gasteiger charge is 2.18. The zero-order chi connectivity index (χ0) is 11.6.